The summed E-state index contributed by atoms with van der Waals surface area (Å²) in [5.41, 5.74) is 2.47. The summed E-state index contributed by atoms with van der Waals surface area (Å²) in [6, 6.07) is 17.2. The van der Waals surface area contributed by atoms with Gasteiger partial charge in [0.15, 0.2) is 0 Å². The normalized spacial score (nSPS) is 10.4. The van der Waals surface area contributed by atoms with Crippen molar-refractivity contribution in [3.05, 3.63) is 65.7 Å². The third-order valence-corrected chi connectivity index (χ3v) is 4.50. The van der Waals surface area contributed by atoms with E-state index < -0.39 is 0 Å². The molecular formula is C23H31N3O2. The summed E-state index contributed by atoms with van der Waals surface area (Å²) in [6.07, 6.45) is 1.90. The summed E-state index contributed by atoms with van der Waals surface area (Å²) in [5.74, 6) is 0.0408. The van der Waals surface area contributed by atoms with Crippen LogP contribution in [0.4, 0.5) is 5.69 Å². The molecule has 2 rings (SSSR count). The number of amides is 2. The SMILES string of the molecule is CCCN(CCC)C(=O)CNc1cccc(C(=O)N(C)Cc2ccccc2)c1. The standard InChI is InChI=1S/C23H31N3O2/c1-4-14-26(15-5-2)22(27)17-24-21-13-9-12-20(16-21)23(28)25(3)18-19-10-7-6-8-11-19/h6-13,16,24H,4-5,14-15,17-18H2,1-3H3. The van der Waals surface area contributed by atoms with Gasteiger partial charge >= 0.3 is 0 Å². The van der Waals surface area contributed by atoms with Crippen LogP contribution in [-0.2, 0) is 11.3 Å². The van der Waals surface area contributed by atoms with Gasteiger partial charge in [0.2, 0.25) is 5.91 Å². The number of nitrogens with one attached hydrogen (secondary N) is 1. The highest BCUT2D eigenvalue weighted by molar-refractivity contribution is 5.95. The number of nitrogens with zero attached hydrogens (tertiary/aromatic N) is 2. The molecule has 0 fully saturated rings. The van der Waals surface area contributed by atoms with Gasteiger partial charge in [-0.25, -0.2) is 0 Å². The number of hydrogen-bond acceptors (Lipinski definition) is 3. The fraction of sp³-hybridized carbons (Fsp3) is 0.391. The molecule has 5 heteroatoms. The molecule has 1 N–H and O–H groups in total. The van der Waals surface area contributed by atoms with E-state index in [1.54, 1.807) is 24.1 Å². The molecule has 150 valence electrons. The van der Waals surface area contributed by atoms with Gasteiger partial charge in [-0.1, -0.05) is 50.2 Å². The Morgan fingerprint density at radius 2 is 1.61 bits per heavy atom. The van der Waals surface area contributed by atoms with E-state index in [-0.39, 0.29) is 18.4 Å². The fourth-order valence-electron chi connectivity index (χ4n) is 3.10. The van der Waals surface area contributed by atoms with E-state index in [2.05, 4.69) is 19.2 Å². The summed E-state index contributed by atoms with van der Waals surface area (Å²) in [4.78, 5) is 28.7. The lowest BCUT2D eigenvalue weighted by atomic mass is 10.1. The number of hydrogen-bond donors (Lipinski definition) is 1. The molecular weight excluding hydrogens is 350 g/mol. The second-order valence-corrected chi connectivity index (χ2v) is 6.96. The van der Waals surface area contributed by atoms with Crippen LogP contribution < -0.4 is 5.32 Å². The van der Waals surface area contributed by atoms with E-state index in [1.807, 2.05) is 47.4 Å². The quantitative estimate of drug-likeness (QED) is 0.676. The maximum atomic E-state index is 12.7. The van der Waals surface area contributed by atoms with Crippen molar-refractivity contribution in [3.63, 3.8) is 0 Å². The van der Waals surface area contributed by atoms with Crippen molar-refractivity contribution in [1.29, 1.82) is 0 Å². The average Bonchev–Trinajstić information content (AvgIpc) is 2.72. The summed E-state index contributed by atoms with van der Waals surface area (Å²) in [6.45, 7) is 6.49. The first-order chi connectivity index (χ1) is 13.5. The molecule has 2 aromatic carbocycles. The van der Waals surface area contributed by atoms with Gasteiger partial charge < -0.3 is 15.1 Å². The Morgan fingerprint density at radius 3 is 2.25 bits per heavy atom. The molecule has 0 bridgehead atoms. The monoisotopic (exact) mass is 381 g/mol. The Labute approximate surface area is 168 Å². The minimum absolute atomic E-state index is 0.0441. The molecule has 0 aliphatic heterocycles. The molecule has 0 unspecified atom stereocenters. The number of carbonyl (C=O) groups excluding carboxylic acids is 2. The largest absolute Gasteiger partial charge is 0.376 e. The predicted octanol–water partition coefficient (Wildman–Crippen LogP) is 4.02. The first-order valence-electron chi connectivity index (χ1n) is 9.96. The Kier molecular flexibility index (Phi) is 8.53. The molecule has 0 radical (unpaired) electrons. The van der Waals surface area contributed by atoms with Gasteiger partial charge in [0.25, 0.3) is 5.91 Å². The van der Waals surface area contributed by atoms with Crippen molar-refractivity contribution < 1.29 is 9.59 Å². The van der Waals surface area contributed by atoms with Crippen LogP contribution in [0, 0.1) is 0 Å². The first-order valence-corrected chi connectivity index (χ1v) is 9.96. The van der Waals surface area contributed by atoms with Gasteiger partial charge in [-0.3, -0.25) is 9.59 Å². The first kappa shape index (κ1) is 21.5. The molecule has 0 aliphatic carbocycles. The highest BCUT2D eigenvalue weighted by Crippen LogP contribution is 2.14. The number of carbonyl (C=O) groups is 2. The van der Waals surface area contributed by atoms with Crippen molar-refractivity contribution >= 4 is 17.5 Å². The molecule has 5 nitrogen and oxygen atoms in total. The van der Waals surface area contributed by atoms with Gasteiger partial charge in [-0.05, 0) is 36.6 Å². The molecule has 0 aromatic heterocycles. The van der Waals surface area contributed by atoms with Crippen molar-refractivity contribution in [2.24, 2.45) is 0 Å². The third-order valence-electron chi connectivity index (χ3n) is 4.50. The maximum Gasteiger partial charge on any atom is 0.253 e. The van der Waals surface area contributed by atoms with Crippen molar-refractivity contribution in [2.75, 3.05) is 32.0 Å². The molecule has 0 saturated heterocycles. The van der Waals surface area contributed by atoms with Gasteiger partial charge in [-0.15, -0.1) is 0 Å². The highest BCUT2D eigenvalue weighted by Gasteiger charge is 2.14. The topological polar surface area (TPSA) is 52.7 Å². The Bertz CT molecular complexity index is 755. The van der Waals surface area contributed by atoms with Crippen LogP contribution in [-0.4, -0.2) is 48.3 Å². The number of benzene rings is 2. The van der Waals surface area contributed by atoms with Crippen LogP contribution in [0.1, 0.15) is 42.6 Å². The van der Waals surface area contributed by atoms with E-state index in [1.165, 1.54) is 0 Å². The summed E-state index contributed by atoms with van der Waals surface area (Å²) in [5, 5.41) is 3.16. The fourth-order valence-corrected chi connectivity index (χ4v) is 3.10. The van der Waals surface area contributed by atoms with E-state index in [4.69, 9.17) is 0 Å². The van der Waals surface area contributed by atoms with Crippen LogP contribution in [0.2, 0.25) is 0 Å². The average molecular weight is 382 g/mol. The van der Waals surface area contributed by atoms with Crippen LogP contribution in [0.25, 0.3) is 0 Å². The van der Waals surface area contributed by atoms with Crippen molar-refractivity contribution in [1.82, 2.24) is 9.80 Å². The highest BCUT2D eigenvalue weighted by atomic mass is 16.2. The zero-order valence-corrected chi connectivity index (χ0v) is 17.1. The molecule has 2 amide bonds. The molecule has 0 saturated carbocycles. The third kappa shape index (κ3) is 6.41. The van der Waals surface area contributed by atoms with Crippen LogP contribution in [0.3, 0.4) is 0 Å². The minimum Gasteiger partial charge on any atom is -0.376 e. The second kappa shape index (κ2) is 11.1. The van der Waals surface area contributed by atoms with Crippen LogP contribution in [0.15, 0.2) is 54.6 Å². The summed E-state index contributed by atoms with van der Waals surface area (Å²) < 4.78 is 0. The molecule has 0 heterocycles. The zero-order chi connectivity index (χ0) is 20.4. The number of rotatable bonds is 10. The second-order valence-electron chi connectivity index (χ2n) is 6.96. The van der Waals surface area contributed by atoms with Crippen molar-refractivity contribution in [3.8, 4) is 0 Å². The van der Waals surface area contributed by atoms with E-state index in [0.717, 1.165) is 37.2 Å². The molecule has 0 aliphatic rings. The minimum atomic E-state index is -0.0441. The van der Waals surface area contributed by atoms with Gasteiger partial charge in [0, 0.05) is 37.9 Å². The lowest BCUT2D eigenvalue weighted by Gasteiger charge is -2.22. The predicted molar refractivity (Wildman–Crippen MR) is 114 cm³/mol. The van der Waals surface area contributed by atoms with Crippen LogP contribution in [0.5, 0.6) is 0 Å². The van der Waals surface area contributed by atoms with E-state index in [0.29, 0.717) is 12.1 Å². The summed E-state index contributed by atoms with van der Waals surface area (Å²) in [7, 11) is 1.80. The van der Waals surface area contributed by atoms with Crippen LogP contribution >= 0.6 is 0 Å². The molecule has 0 atom stereocenters. The summed E-state index contributed by atoms with van der Waals surface area (Å²) >= 11 is 0. The van der Waals surface area contributed by atoms with E-state index >= 15 is 0 Å². The lowest BCUT2D eigenvalue weighted by molar-refractivity contribution is -0.129. The Morgan fingerprint density at radius 1 is 0.929 bits per heavy atom. The molecule has 0 spiro atoms. The number of anilines is 1. The molecule has 2 aromatic rings. The smallest absolute Gasteiger partial charge is 0.253 e. The van der Waals surface area contributed by atoms with Gasteiger partial charge in [0.05, 0.1) is 6.54 Å². The maximum absolute atomic E-state index is 12.7. The van der Waals surface area contributed by atoms with Gasteiger partial charge in [-0.2, -0.15) is 0 Å². The Balaban J connectivity index is 1.97. The van der Waals surface area contributed by atoms with Gasteiger partial charge in [0.1, 0.15) is 0 Å². The molecule has 28 heavy (non-hydrogen) atoms. The zero-order valence-electron chi connectivity index (χ0n) is 17.1. The Hall–Kier alpha value is -2.82. The van der Waals surface area contributed by atoms with E-state index in [9.17, 15) is 9.59 Å². The van der Waals surface area contributed by atoms with Crippen molar-refractivity contribution in [2.45, 2.75) is 33.2 Å². The lowest BCUT2D eigenvalue weighted by Crippen LogP contribution is -2.36.